The highest BCUT2D eigenvalue weighted by Crippen LogP contribution is 2.61. The third kappa shape index (κ3) is 3.51. The fourth-order valence-electron chi connectivity index (χ4n) is 1.57. The van der Waals surface area contributed by atoms with Crippen LogP contribution in [0.25, 0.3) is 11.2 Å². The van der Waals surface area contributed by atoms with Gasteiger partial charge in [0.1, 0.15) is 0 Å². The number of rotatable bonds is 7. The Labute approximate surface area is 125 Å². The quantitative estimate of drug-likeness (QED) is 0.721. The molecule has 0 atom stereocenters. The van der Waals surface area contributed by atoms with Crippen molar-refractivity contribution in [1.29, 1.82) is 0 Å². The van der Waals surface area contributed by atoms with Crippen LogP contribution in [-0.4, -0.2) is 22.8 Å². The maximum Gasteiger partial charge on any atom is 0.421 e. The zero-order valence-electron chi connectivity index (χ0n) is 11.1. The Hall–Kier alpha value is -0.660. The van der Waals surface area contributed by atoms with E-state index in [1.807, 2.05) is 13.8 Å². The molecular formula is C11H15N2O4PS2. The average Bonchev–Trinajstić information content (AvgIpc) is 2.73. The molecular weight excluding hydrogens is 319 g/mol. The summed E-state index contributed by atoms with van der Waals surface area (Å²) in [6.07, 6.45) is 1.61. The van der Waals surface area contributed by atoms with Crippen molar-refractivity contribution in [3.8, 4) is 0 Å². The number of hydrogen-bond acceptors (Lipinski definition) is 7. The van der Waals surface area contributed by atoms with Crippen LogP contribution in [0.3, 0.4) is 0 Å². The van der Waals surface area contributed by atoms with Gasteiger partial charge in [-0.3, -0.25) is 0 Å². The van der Waals surface area contributed by atoms with Crippen LogP contribution in [0.15, 0.2) is 27.5 Å². The van der Waals surface area contributed by atoms with Gasteiger partial charge in [0.2, 0.25) is 5.69 Å². The Balaban J connectivity index is 2.22. The molecule has 6 nitrogen and oxygen atoms in total. The highest BCUT2D eigenvalue weighted by molar-refractivity contribution is 8.67. The Morgan fingerprint density at radius 3 is 2.80 bits per heavy atom. The SMILES string of the molecule is CCOP(=S)(OCC)SCn1c(=O)oc2cccnc21. The number of oxazole rings is 1. The summed E-state index contributed by atoms with van der Waals surface area (Å²) in [5, 5.41) is 0. The standard InChI is InChI=1S/C11H15N2O4PS2/c1-3-15-18(19,16-4-2)20-8-13-10-9(17-11(13)14)6-5-7-12-10/h5-7H,3-4,8H2,1-2H3. The predicted molar refractivity (Wildman–Crippen MR) is 83.4 cm³/mol. The lowest BCUT2D eigenvalue weighted by Crippen LogP contribution is -2.13. The second kappa shape index (κ2) is 6.87. The first-order valence-corrected chi connectivity index (χ1v) is 10.3. The van der Waals surface area contributed by atoms with Crippen molar-refractivity contribution >= 4 is 40.1 Å². The molecule has 0 spiro atoms. The Kier molecular flexibility index (Phi) is 5.40. The van der Waals surface area contributed by atoms with Crippen LogP contribution in [-0.2, 0) is 26.7 Å². The molecule has 0 saturated carbocycles. The third-order valence-electron chi connectivity index (χ3n) is 2.34. The Morgan fingerprint density at radius 1 is 1.45 bits per heavy atom. The first-order valence-electron chi connectivity index (χ1n) is 6.07. The summed E-state index contributed by atoms with van der Waals surface area (Å²) in [4.78, 5) is 16.0. The molecule has 2 aromatic heterocycles. The molecule has 110 valence electrons. The van der Waals surface area contributed by atoms with E-state index in [9.17, 15) is 4.79 Å². The highest BCUT2D eigenvalue weighted by Gasteiger charge is 2.21. The minimum atomic E-state index is -2.44. The van der Waals surface area contributed by atoms with E-state index >= 15 is 0 Å². The smallest absolute Gasteiger partial charge is 0.406 e. The van der Waals surface area contributed by atoms with Crippen LogP contribution in [0.4, 0.5) is 0 Å². The lowest BCUT2D eigenvalue weighted by molar-refractivity contribution is 0.280. The van der Waals surface area contributed by atoms with E-state index in [1.54, 1.807) is 18.3 Å². The molecule has 20 heavy (non-hydrogen) atoms. The maximum absolute atomic E-state index is 11.8. The van der Waals surface area contributed by atoms with Gasteiger partial charge in [0.05, 0.1) is 19.1 Å². The van der Waals surface area contributed by atoms with Gasteiger partial charge < -0.3 is 13.5 Å². The van der Waals surface area contributed by atoms with E-state index < -0.39 is 11.4 Å². The van der Waals surface area contributed by atoms with Crippen molar-refractivity contribution in [2.24, 2.45) is 0 Å². The molecule has 0 amide bonds. The molecule has 0 fully saturated rings. The molecule has 0 bridgehead atoms. The summed E-state index contributed by atoms with van der Waals surface area (Å²) in [6.45, 7) is 4.68. The van der Waals surface area contributed by atoms with E-state index in [-0.39, 0.29) is 0 Å². The van der Waals surface area contributed by atoms with Crippen LogP contribution in [0, 0.1) is 0 Å². The van der Waals surface area contributed by atoms with Gasteiger partial charge in [-0.25, -0.2) is 14.3 Å². The molecule has 0 aliphatic carbocycles. The van der Waals surface area contributed by atoms with Crippen LogP contribution in [0.1, 0.15) is 13.8 Å². The van der Waals surface area contributed by atoms with E-state index in [1.165, 1.54) is 15.9 Å². The molecule has 2 heterocycles. The lowest BCUT2D eigenvalue weighted by atomic mass is 10.5. The van der Waals surface area contributed by atoms with Gasteiger partial charge >= 0.3 is 5.76 Å². The molecule has 2 rings (SSSR count). The number of pyridine rings is 1. The van der Waals surface area contributed by atoms with Crippen molar-refractivity contribution in [2.75, 3.05) is 13.2 Å². The van der Waals surface area contributed by atoms with Gasteiger partial charge in [0.25, 0.3) is 0 Å². The summed E-state index contributed by atoms with van der Waals surface area (Å²) in [5.41, 5.74) is -1.48. The molecule has 0 unspecified atom stereocenters. The molecule has 2 aromatic rings. The van der Waals surface area contributed by atoms with E-state index in [2.05, 4.69) is 4.98 Å². The molecule has 0 radical (unpaired) electrons. The fraction of sp³-hybridized carbons (Fsp3) is 0.455. The predicted octanol–water partition coefficient (Wildman–Crippen LogP) is 2.98. The van der Waals surface area contributed by atoms with Gasteiger partial charge in [-0.05, 0) is 49.2 Å². The second-order valence-corrected chi connectivity index (χ2v) is 9.94. The fourth-order valence-corrected chi connectivity index (χ4v) is 5.82. The van der Waals surface area contributed by atoms with Crippen molar-refractivity contribution in [2.45, 2.75) is 19.7 Å². The Morgan fingerprint density at radius 2 is 2.15 bits per heavy atom. The van der Waals surface area contributed by atoms with E-state index in [4.69, 9.17) is 25.3 Å². The monoisotopic (exact) mass is 334 g/mol. The average molecular weight is 334 g/mol. The number of aromatic nitrogens is 2. The highest BCUT2D eigenvalue weighted by atomic mass is 32.9. The molecule has 0 aliphatic heterocycles. The molecule has 9 heteroatoms. The van der Waals surface area contributed by atoms with Gasteiger partial charge in [0, 0.05) is 6.20 Å². The largest absolute Gasteiger partial charge is 0.421 e. The number of fused-ring (bicyclic) bond motifs is 1. The topological polar surface area (TPSA) is 66.5 Å². The summed E-state index contributed by atoms with van der Waals surface area (Å²) in [7, 11) is 0. The molecule has 0 N–H and O–H groups in total. The van der Waals surface area contributed by atoms with Gasteiger partial charge in [-0.15, -0.1) is 0 Å². The second-order valence-electron chi connectivity index (χ2n) is 3.66. The van der Waals surface area contributed by atoms with Gasteiger partial charge in [0.15, 0.2) is 11.2 Å². The normalized spacial score (nSPS) is 12.1. The minimum absolute atomic E-state index is 0.292. The first kappa shape index (κ1) is 15.7. The minimum Gasteiger partial charge on any atom is -0.406 e. The van der Waals surface area contributed by atoms with Gasteiger partial charge in [-0.2, -0.15) is 0 Å². The van der Waals surface area contributed by atoms with Crippen LogP contribution >= 0.6 is 17.1 Å². The van der Waals surface area contributed by atoms with Crippen LogP contribution < -0.4 is 5.76 Å². The molecule has 0 aliphatic rings. The van der Waals surface area contributed by atoms with Crippen molar-refractivity contribution in [1.82, 2.24) is 9.55 Å². The van der Waals surface area contributed by atoms with E-state index in [0.29, 0.717) is 30.3 Å². The van der Waals surface area contributed by atoms with Crippen molar-refractivity contribution in [3.63, 3.8) is 0 Å². The summed E-state index contributed by atoms with van der Waals surface area (Å²) in [5.74, 6) is -0.166. The number of hydrogen-bond donors (Lipinski definition) is 0. The molecule has 0 aromatic carbocycles. The summed E-state index contributed by atoms with van der Waals surface area (Å²) in [6, 6.07) is 3.42. The van der Waals surface area contributed by atoms with E-state index in [0.717, 1.165) is 0 Å². The summed E-state index contributed by atoms with van der Waals surface area (Å²) >= 11 is 6.71. The zero-order chi connectivity index (χ0) is 14.6. The lowest BCUT2D eigenvalue weighted by Gasteiger charge is -2.19. The summed E-state index contributed by atoms with van der Waals surface area (Å²) < 4.78 is 17.6. The third-order valence-corrected chi connectivity index (χ3v) is 7.69. The number of nitrogens with zero attached hydrogens (tertiary/aromatic N) is 2. The maximum atomic E-state index is 11.8. The van der Waals surface area contributed by atoms with Crippen LogP contribution in [0.5, 0.6) is 0 Å². The zero-order valence-corrected chi connectivity index (χ0v) is 13.7. The first-order chi connectivity index (χ1) is 9.59. The molecule has 0 saturated heterocycles. The van der Waals surface area contributed by atoms with Crippen molar-refractivity contribution in [3.05, 3.63) is 28.9 Å². The van der Waals surface area contributed by atoms with Crippen LogP contribution in [0.2, 0.25) is 0 Å². The Bertz CT molecular complexity index is 674. The van der Waals surface area contributed by atoms with Crippen molar-refractivity contribution < 1.29 is 13.5 Å². The van der Waals surface area contributed by atoms with Gasteiger partial charge in [-0.1, -0.05) is 0 Å².